The number of hydrogen-bond donors (Lipinski definition) is 2. The summed E-state index contributed by atoms with van der Waals surface area (Å²) in [6, 6.07) is 8.42. The Labute approximate surface area is 116 Å². The smallest absolute Gasteiger partial charge is 0.233 e. The van der Waals surface area contributed by atoms with Crippen molar-refractivity contribution in [1.82, 2.24) is 10.6 Å². The molecule has 0 heterocycles. The highest BCUT2D eigenvalue weighted by Crippen LogP contribution is 2.22. The van der Waals surface area contributed by atoms with Gasteiger partial charge < -0.3 is 10.6 Å². The molecule has 1 rings (SSSR count). The van der Waals surface area contributed by atoms with Crippen LogP contribution in [0.2, 0.25) is 0 Å². The molecule has 0 saturated heterocycles. The fourth-order valence-electron chi connectivity index (χ4n) is 1.71. The third kappa shape index (κ3) is 5.07. The molecular formula is C14H23ClN2O. The molecule has 0 spiro atoms. The number of likely N-dealkylation sites (N-methyl/N-ethyl adjacent to an activating group) is 1. The van der Waals surface area contributed by atoms with Crippen LogP contribution in [0.25, 0.3) is 0 Å². The van der Waals surface area contributed by atoms with E-state index in [2.05, 4.69) is 55.7 Å². The molecule has 102 valence electrons. The minimum atomic E-state index is -0.0462. The molecule has 0 aromatic heterocycles. The molecular weight excluding hydrogens is 248 g/mol. The molecule has 1 amide bonds. The fraction of sp³-hybridized carbons (Fsp3) is 0.500. The maximum atomic E-state index is 11.4. The Kier molecular flexibility index (Phi) is 6.96. The van der Waals surface area contributed by atoms with Crippen molar-refractivity contribution >= 4 is 18.3 Å². The molecule has 0 radical (unpaired) electrons. The number of carbonyl (C=O) groups is 1. The molecule has 0 fully saturated rings. The number of halogens is 1. The highest BCUT2D eigenvalue weighted by molar-refractivity contribution is 5.85. The molecule has 0 aliphatic carbocycles. The Morgan fingerprint density at radius 3 is 2.56 bits per heavy atom. The van der Waals surface area contributed by atoms with Gasteiger partial charge in [-0.2, -0.15) is 0 Å². The van der Waals surface area contributed by atoms with Crippen molar-refractivity contribution in [1.29, 1.82) is 0 Å². The van der Waals surface area contributed by atoms with Crippen molar-refractivity contribution in [2.75, 3.05) is 20.1 Å². The van der Waals surface area contributed by atoms with Crippen molar-refractivity contribution in [3.8, 4) is 0 Å². The van der Waals surface area contributed by atoms with Crippen LogP contribution in [0.1, 0.15) is 25.0 Å². The molecule has 4 heteroatoms. The molecule has 1 aromatic carbocycles. The third-order valence-electron chi connectivity index (χ3n) is 2.86. The van der Waals surface area contributed by atoms with Gasteiger partial charge in [-0.3, -0.25) is 4.79 Å². The van der Waals surface area contributed by atoms with Gasteiger partial charge in [0.25, 0.3) is 0 Å². The molecule has 0 atom stereocenters. The number of rotatable bonds is 5. The Bertz CT molecular complexity index is 391. The molecule has 1 aromatic rings. The summed E-state index contributed by atoms with van der Waals surface area (Å²) in [7, 11) is 1.77. The number of hydrogen-bond acceptors (Lipinski definition) is 2. The van der Waals surface area contributed by atoms with E-state index in [4.69, 9.17) is 0 Å². The lowest BCUT2D eigenvalue weighted by Gasteiger charge is -2.26. The van der Waals surface area contributed by atoms with E-state index in [1.807, 2.05) is 0 Å². The number of amides is 1. The maximum absolute atomic E-state index is 11.4. The normalized spacial score (nSPS) is 10.7. The van der Waals surface area contributed by atoms with Gasteiger partial charge in [-0.15, -0.1) is 12.4 Å². The molecule has 0 bridgehead atoms. The number of benzene rings is 1. The van der Waals surface area contributed by atoms with Gasteiger partial charge in [0.2, 0.25) is 5.91 Å². The van der Waals surface area contributed by atoms with Gasteiger partial charge in [0, 0.05) is 12.0 Å². The number of aryl methyl sites for hydroxylation is 1. The third-order valence-corrected chi connectivity index (χ3v) is 2.86. The second-order valence-electron chi connectivity index (χ2n) is 5.06. The fourth-order valence-corrected chi connectivity index (χ4v) is 1.71. The summed E-state index contributed by atoms with van der Waals surface area (Å²) >= 11 is 0. The van der Waals surface area contributed by atoms with E-state index in [-0.39, 0.29) is 23.7 Å². The first-order chi connectivity index (χ1) is 7.95. The van der Waals surface area contributed by atoms with Gasteiger partial charge in [-0.05, 0) is 19.5 Å². The van der Waals surface area contributed by atoms with Crippen LogP contribution in [0.3, 0.4) is 0 Å². The van der Waals surface area contributed by atoms with E-state index in [1.165, 1.54) is 11.1 Å². The summed E-state index contributed by atoms with van der Waals surface area (Å²) in [5.41, 5.74) is 2.45. The molecule has 3 nitrogen and oxygen atoms in total. The molecule has 0 aliphatic heterocycles. The van der Waals surface area contributed by atoms with Gasteiger partial charge in [0.15, 0.2) is 0 Å². The molecule has 18 heavy (non-hydrogen) atoms. The van der Waals surface area contributed by atoms with Crippen LogP contribution < -0.4 is 10.6 Å². The Morgan fingerprint density at radius 2 is 2.00 bits per heavy atom. The first-order valence-electron chi connectivity index (χ1n) is 5.94. The van der Waals surface area contributed by atoms with Gasteiger partial charge in [-0.25, -0.2) is 0 Å². The van der Waals surface area contributed by atoms with Crippen LogP contribution in [0.15, 0.2) is 24.3 Å². The second kappa shape index (κ2) is 7.39. The van der Waals surface area contributed by atoms with E-state index in [9.17, 15) is 4.79 Å². The zero-order valence-corrected chi connectivity index (χ0v) is 12.4. The minimum Gasteiger partial charge on any atom is -0.354 e. The lowest BCUT2D eigenvalue weighted by atomic mass is 9.84. The quantitative estimate of drug-likeness (QED) is 0.860. The summed E-state index contributed by atoms with van der Waals surface area (Å²) in [5, 5.41) is 5.78. The van der Waals surface area contributed by atoms with E-state index in [0.717, 1.165) is 0 Å². The number of nitrogens with one attached hydrogen (secondary N) is 2. The van der Waals surface area contributed by atoms with Crippen molar-refractivity contribution < 1.29 is 4.79 Å². The lowest BCUT2D eigenvalue weighted by molar-refractivity contribution is -0.120. The average Bonchev–Trinajstić information content (AvgIpc) is 2.27. The largest absolute Gasteiger partial charge is 0.354 e. The van der Waals surface area contributed by atoms with Gasteiger partial charge in [0.05, 0.1) is 6.54 Å². The van der Waals surface area contributed by atoms with Gasteiger partial charge in [-0.1, -0.05) is 43.7 Å². The predicted octanol–water partition coefficient (Wildman–Crippen LogP) is 2.03. The average molecular weight is 271 g/mol. The van der Waals surface area contributed by atoms with Gasteiger partial charge >= 0.3 is 0 Å². The summed E-state index contributed by atoms with van der Waals surface area (Å²) in [6.45, 7) is 7.38. The summed E-state index contributed by atoms with van der Waals surface area (Å²) in [6.07, 6.45) is 0. The Hall–Kier alpha value is -1.06. The summed E-state index contributed by atoms with van der Waals surface area (Å²) in [5.74, 6) is 0.0354. The Morgan fingerprint density at radius 1 is 1.33 bits per heavy atom. The highest BCUT2D eigenvalue weighted by atomic mass is 35.5. The Balaban J connectivity index is 0.00000289. The first-order valence-corrected chi connectivity index (χ1v) is 5.94. The van der Waals surface area contributed by atoms with E-state index < -0.39 is 0 Å². The van der Waals surface area contributed by atoms with Crippen molar-refractivity contribution in [2.24, 2.45) is 0 Å². The van der Waals surface area contributed by atoms with Crippen molar-refractivity contribution in [3.05, 3.63) is 35.4 Å². The molecule has 0 saturated carbocycles. The van der Waals surface area contributed by atoms with Gasteiger partial charge in [0.1, 0.15) is 0 Å². The van der Waals surface area contributed by atoms with E-state index in [1.54, 1.807) is 7.05 Å². The molecule has 0 aliphatic rings. The van der Waals surface area contributed by atoms with E-state index >= 15 is 0 Å². The highest BCUT2D eigenvalue weighted by Gasteiger charge is 2.21. The van der Waals surface area contributed by atoms with Crippen LogP contribution in [-0.4, -0.2) is 26.0 Å². The first kappa shape index (κ1) is 16.9. The zero-order chi connectivity index (χ0) is 12.9. The van der Waals surface area contributed by atoms with Crippen LogP contribution >= 0.6 is 12.4 Å². The molecule has 2 N–H and O–H groups in total. The van der Waals surface area contributed by atoms with Crippen molar-refractivity contribution in [2.45, 2.75) is 26.2 Å². The van der Waals surface area contributed by atoms with E-state index in [0.29, 0.717) is 13.1 Å². The summed E-state index contributed by atoms with van der Waals surface area (Å²) < 4.78 is 0. The predicted molar refractivity (Wildman–Crippen MR) is 78.4 cm³/mol. The number of carbonyl (C=O) groups excluding carboxylic acids is 1. The van der Waals surface area contributed by atoms with Crippen molar-refractivity contribution in [3.63, 3.8) is 0 Å². The summed E-state index contributed by atoms with van der Waals surface area (Å²) in [4.78, 5) is 11.4. The second-order valence-corrected chi connectivity index (χ2v) is 5.06. The maximum Gasteiger partial charge on any atom is 0.233 e. The molecule has 0 unspecified atom stereocenters. The topological polar surface area (TPSA) is 41.1 Å². The SMILES string of the molecule is CNCC(=O)NCC(C)(C)c1cccc(C)c1.Cl. The standard InChI is InChI=1S/C14H22N2O.ClH/c1-11-6-5-7-12(8-11)14(2,3)10-16-13(17)9-15-4;/h5-8,15H,9-10H2,1-4H3,(H,16,17);1H. The zero-order valence-electron chi connectivity index (χ0n) is 11.5. The monoisotopic (exact) mass is 270 g/mol. The lowest BCUT2D eigenvalue weighted by Crippen LogP contribution is -2.40. The minimum absolute atomic E-state index is 0. The van der Waals surface area contributed by atoms with Crippen LogP contribution in [0, 0.1) is 6.92 Å². The van der Waals surface area contributed by atoms with Crippen LogP contribution in [0.5, 0.6) is 0 Å². The van der Waals surface area contributed by atoms with Crippen LogP contribution in [-0.2, 0) is 10.2 Å². The van der Waals surface area contributed by atoms with Crippen LogP contribution in [0.4, 0.5) is 0 Å².